The number of carboxylic acid groups (broad SMARTS) is 1. The summed E-state index contributed by atoms with van der Waals surface area (Å²) in [7, 11) is 0. The van der Waals surface area contributed by atoms with Crippen LogP contribution in [0.15, 0.2) is 30.3 Å². The molecule has 0 aromatic heterocycles. The van der Waals surface area contributed by atoms with Crippen molar-refractivity contribution in [3.05, 3.63) is 35.9 Å². The van der Waals surface area contributed by atoms with E-state index in [1.807, 2.05) is 6.07 Å². The van der Waals surface area contributed by atoms with Crippen molar-refractivity contribution in [1.82, 2.24) is 0 Å². The van der Waals surface area contributed by atoms with Crippen LogP contribution in [0.5, 0.6) is 0 Å². The summed E-state index contributed by atoms with van der Waals surface area (Å²) >= 11 is 0. The standard InChI is InChI=1S/C11H14O4/c1-11(14,8-15-7-10(12)13)9-5-3-2-4-6-9/h2-6,14H,7-8H2,1H3,(H,12,13). The number of benzene rings is 1. The predicted molar refractivity (Wildman–Crippen MR) is 54.5 cm³/mol. The fourth-order valence-corrected chi connectivity index (χ4v) is 1.22. The maximum Gasteiger partial charge on any atom is 0.329 e. The van der Waals surface area contributed by atoms with E-state index >= 15 is 0 Å². The van der Waals surface area contributed by atoms with Crippen LogP contribution in [-0.4, -0.2) is 29.4 Å². The lowest BCUT2D eigenvalue weighted by Crippen LogP contribution is -2.29. The molecule has 0 aliphatic heterocycles. The Kier molecular flexibility index (Phi) is 3.82. The summed E-state index contributed by atoms with van der Waals surface area (Å²) in [6.07, 6.45) is 0. The molecule has 0 amide bonds. The Labute approximate surface area is 88.1 Å². The molecule has 0 aliphatic rings. The first-order valence-corrected chi connectivity index (χ1v) is 4.60. The van der Waals surface area contributed by atoms with Gasteiger partial charge in [-0.05, 0) is 12.5 Å². The zero-order valence-corrected chi connectivity index (χ0v) is 8.51. The first kappa shape index (κ1) is 11.7. The third-order valence-electron chi connectivity index (χ3n) is 2.00. The minimum atomic E-state index is -1.16. The van der Waals surface area contributed by atoms with E-state index in [1.165, 1.54) is 0 Å². The molecule has 0 saturated heterocycles. The predicted octanol–water partition coefficient (Wildman–Crippen LogP) is 0.995. The van der Waals surface area contributed by atoms with Gasteiger partial charge in [0, 0.05) is 0 Å². The number of hydrogen-bond donors (Lipinski definition) is 2. The molecule has 15 heavy (non-hydrogen) atoms. The Bertz CT molecular complexity index is 319. The van der Waals surface area contributed by atoms with Crippen LogP contribution in [0.3, 0.4) is 0 Å². The molecule has 1 atom stereocenters. The molecule has 1 unspecified atom stereocenters. The van der Waals surface area contributed by atoms with Crippen LogP contribution in [0, 0.1) is 0 Å². The number of rotatable bonds is 5. The van der Waals surface area contributed by atoms with E-state index in [4.69, 9.17) is 9.84 Å². The van der Waals surface area contributed by atoms with Crippen LogP contribution in [0.4, 0.5) is 0 Å². The smallest absolute Gasteiger partial charge is 0.329 e. The minimum absolute atomic E-state index is 0.0384. The molecular formula is C11H14O4. The van der Waals surface area contributed by atoms with Crippen molar-refractivity contribution in [1.29, 1.82) is 0 Å². The highest BCUT2D eigenvalue weighted by molar-refractivity contribution is 5.68. The molecule has 4 nitrogen and oxygen atoms in total. The molecule has 4 heteroatoms. The van der Waals surface area contributed by atoms with Crippen molar-refractivity contribution in [3.8, 4) is 0 Å². The molecule has 0 radical (unpaired) electrons. The summed E-state index contributed by atoms with van der Waals surface area (Å²) in [5.41, 5.74) is -0.452. The molecular weight excluding hydrogens is 196 g/mol. The molecule has 2 N–H and O–H groups in total. The Balaban J connectivity index is 2.56. The molecule has 0 fully saturated rings. The van der Waals surface area contributed by atoms with E-state index in [1.54, 1.807) is 31.2 Å². The van der Waals surface area contributed by atoms with Crippen LogP contribution < -0.4 is 0 Å². The highest BCUT2D eigenvalue weighted by atomic mass is 16.5. The molecule has 82 valence electrons. The van der Waals surface area contributed by atoms with Gasteiger partial charge in [-0.1, -0.05) is 30.3 Å². The number of ether oxygens (including phenoxy) is 1. The van der Waals surface area contributed by atoms with Gasteiger partial charge < -0.3 is 14.9 Å². The summed E-state index contributed by atoms with van der Waals surface area (Å²) in [4.78, 5) is 10.2. The Morgan fingerprint density at radius 2 is 2.00 bits per heavy atom. The topological polar surface area (TPSA) is 66.8 Å². The fourth-order valence-electron chi connectivity index (χ4n) is 1.22. The summed E-state index contributed by atoms with van der Waals surface area (Å²) < 4.78 is 4.86. The van der Waals surface area contributed by atoms with E-state index in [9.17, 15) is 9.90 Å². The highest BCUT2D eigenvalue weighted by Gasteiger charge is 2.23. The number of carboxylic acids is 1. The summed E-state index contributed by atoms with van der Waals surface area (Å²) in [5.74, 6) is -1.04. The SMILES string of the molecule is CC(O)(COCC(=O)O)c1ccccc1. The van der Waals surface area contributed by atoms with Gasteiger partial charge in [-0.15, -0.1) is 0 Å². The Hall–Kier alpha value is -1.39. The van der Waals surface area contributed by atoms with Crippen molar-refractivity contribution < 1.29 is 19.7 Å². The first-order valence-electron chi connectivity index (χ1n) is 4.60. The zero-order valence-electron chi connectivity index (χ0n) is 8.51. The molecule has 0 bridgehead atoms. The average Bonchev–Trinajstić information content (AvgIpc) is 2.18. The average molecular weight is 210 g/mol. The quantitative estimate of drug-likeness (QED) is 0.760. The second kappa shape index (κ2) is 4.91. The van der Waals surface area contributed by atoms with Crippen LogP contribution in [0.25, 0.3) is 0 Å². The van der Waals surface area contributed by atoms with Crippen molar-refractivity contribution >= 4 is 5.97 Å². The van der Waals surface area contributed by atoms with E-state index in [0.717, 1.165) is 0 Å². The van der Waals surface area contributed by atoms with Gasteiger partial charge in [0.15, 0.2) is 0 Å². The van der Waals surface area contributed by atoms with Crippen molar-refractivity contribution in [2.24, 2.45) is 0 Å². The third-order valence-corrected chi connectivity index (χ3v) is 2.00. The van der Waals surface area contributed by atoms with Crippen LogP contribution in [-0.2, 0) is 15.1 Å². The van der Waals surface area contributed by atoms with Gasteiger partial charge in [0.1, 0.15) is 12.2 Å². The Morgan fingerprint density at radius 1 is 1.40 bits per heavy atom. The lowest BCUT2D eigenvalue weighted by atomic mass is 9.97. The molecule has 0 aliphatic carbocycles. The lowest BCUT2D eigenvalue weighted by Gasteiger charge is -2.23. The molecule has 0 spiro atoms. The van der Waals surface area contributed by atoms with Gasteiger partial charge in [0.05, 0.1) is 6.61 Å². The van der Waals surface area contributed by atoms with Crippen molar-refractivity contribution in [2.45, 2.75) is 12.5 Å². The summed E-state index contributed by atoms with van der Waals surface area (Å²) in [6, 6.07) is 8.99. The second-order valence-electron chi connectivity index (χ2n) is 3.53. The van der Waals surface area contributed by atoms with Gasteiger partial charge in [-0.25, -0.2) is 4.79 Å². The largest absolute Gasteiger partial charge is 0.480 e. The first-order chi connectivity index (χ1) is 7.02. The van der Waals surface area contributed by atoms with Crippen molar-refractivity contribution in [2.75, 3.05) is 13.2 Å². The summed E-state index contributed by atoms with van der Waals surface area (Å²) in [5, 5.41) is 18.4. The highest BCUT2D eigenvalue weighted by Crippen LogP contribution is 2.20. The molecule has 1 aromatic rings. The lowest BCUT2D eigenvalue weighted by molar-refractivity contribution is -0.145. The monoisotopic (exact) mass is 210 g/mol. The van der Waals surface area contributed by atoms with Gasteiger partial charge in [0.2, 0.25) is 0 Å². The third kappa shape index (κ3) is 3.69. The van der Waals surface area contributed by atoms with E-state index < -0.39 is 18.2 Å². The maximum absolute atomic E-state index is 10.2. The van der Waals surface area contributed by atoms with Gasteiger partial charge in [0.25, 0.3) is 0 Å². The second-order valence-corrected chi connectivity index (χ2v) is 3.53. The summed E-state index contributed by atoms with van der Waals surface area (Å²) in [6.45, 7) is 1.15. The van der Waals surface area contributed by atoms with Gasteiger partial charge in [-0.3, -0.25) is 0 Å². The van der Waals surface area contributed by atoms with Crippen LogP contribution in [0.1, 0.15) is 12.5 Å². The number of hydrogen-bond acceptors (Lipinski definition) is 3. The van der Waals surface area contributed by atoms with Gasteiger partial charge in [-0.2, -0.15) is 0 Å². The zero-order chi connectivity index (χ0) is 11.3. The number of carbonyl (C=O) groups is 1. The van der Waals surface area contributed by atoms with E-state index in [-0.39, 0.29) is 6.61 Å². The maximum atomic E-state index is 10.2. The van der Waals surface area contributed by atoms with E-state index in [0.29, 0.717) is 5.56 Å². The van der Waals surface area contributed by atoms with Crippen LogP contribution >= 0.6 is 0 Å². The number of aliphatic carboxylic acids is 1. The molecule has 0 saturated carbocycles. The Morgan fingerprint density at radius 3 is 2.53 bits per heavy atom. The fraction of sp³-hybridized carbons (Fsp3) is 0.364. The molecule has 1 aromatic carbocycles. The molecule has 0 heterocycles. The minimum Gasteiger partial charge on any atom is -0.480 e. The number of aliphatic hydroxyl groups is 1. The van der Waals surface area contributed by atoms with Crippen molar-refractivity contribution in [3.63, 3.8) is 0 Å². The van der Waals surface area contributed by atoms with E-state index in [2.05, 4.69) is 0 Å². The normalized spacial score (nSPS) is 14.5. The van der Waals surface area contributed by atoms with Gasteiger partial charge >= 0.3 is 5.97 Å². The van der Waals surface area contributed by atoms with Crippen LogP contribution in [0.2, 0.25) is 0 Å². The molecule has 1 rings (SSSR count).